The van der Waals surface area contributed by atoms with Gasteiger partial charge < -0.3 is 4.57 Å². The molecule has 0 amide bonds. The van der Waals surface area contributed by atoms with Crippen LogP contribution in [0.1, 0.15) is 5.56 Å². The molecular formula is C18H22N4O2S. The molecule has 0 saturated carbocycles. The molecule has 0 unspecified atom stereocenters. The number of nitrogens with one attached hydrogen (secondary N) is 1. The predicted molar refractivity (Wildman–Crippen MR) is 100 cm³/mol. The van der Waals surface area contributed by atoms with Crippen molar-refractivity contribution in [1.29, 1.82) is 0 Å². The van der Waals surface area contributed by atoms with E-state index in [2.05, 4.69) is 38.7 Å². The lowest BCUT2D eigenvalue weighted by Gasteiger charge is -2.11. The van der Waals surface area contributed by atoms with Gasteiger partial charge in [0.05, 0.1) is 0 Å². The van der Waals surface area contributed by atoms with Gasteiger partial charge in [-0.15, -0.1) is 0 Å². The van der Waals surface area contributed by atoms with Crippen LogP contribution in [-0.2, 0) is 23.7 Å². The molecule has 3 rings (SSSR count). The Morgan fingerprint density at radius 3 is 2.52 bits per heavy atom. The van der Waals surface area contributed by atoms with E-state index < -0.39 is 10.2 Å². The second-order valence-corrected chi connectivity index (χ2v) is 8.13. The molecule has 0 aliphatic rings. The van der Waals surface area contributed by atoms with Crippen molar-refractivity contribution < 1.29 is 8.42 Å². The molecule has 6 nitrogen and oxygen atoms in total. The minimum Gasteiger partial charge on any atom is -0.350 e. The molecule has 2 heterocycles. The third kappa shape index (κ3) is 3.73. The summed E-state index contributed by atoms with van der Waals surface area (Å²) < 4.78 is 29.4. The fraction of sp³-hybridized carbons (Fsp3) is 0.278. The molecule has 0 saturated heterocycles. The lowest BCUT2D eigenvalue weighted by molar-refractivity contribution is 0.506. The van der Waals surface area contributed by atoms with Crippen molar-refractivity contribution in [2.75, 3.05) is 20.6 Å². The fourth-order valence-electron chi connectivity index (χ4n) is 2.83. The van der Waals surface area contributed by atoms with Crippen LogP contribution in [0.25, 0.3) is 22.0 Å². The van der Waals surface area contributed by atoms with Gasteiger partial charge in [-0.25, -0.2) is 4.72 Å². The van der Waals surface area contributed by atoms with Crippen LogP contribution < -0.4 is 4.72 Å². The molecule has 3 aromatic rings. The minimum atomic E-state index is -3.39. The zero-order valence-corrected chi connectivity index (χ0v) is 15.4. The smallest absolute Gasteiger partial charge is 0.278 e. The summed E-state index contributed by atoms with van der Waals surface area (Å²) in [6.45, 7) is 0.367. The van der Waals surface area contributed by atoms with Crippen LogP contribution in [0.15, 0.2) is 48.9 Å². The Morgan fingerprint density at radius 2 is 1.84 bits per heavy atom. The van der Waals surface area contributed by atoms with E-state index in [-0.39, 0.29) is 0 Å². The van der Waals surface area contributed by atoms with Gasteiger partial charge in [-0.3, -0.25) is 4.98 Å². The topological polar surface area (TPSA) is 67.2 Å². The number of pyridine rings is 1. The average Bonchev–Trinajstić information content (AvgIpc) is 2.91. The maximum atomic E-state index is 11.8. The van der Waals surface area contributed by atoms with E-state index >= 15 is 0 Å². The van der Waals surface area contributed by atoms with Crippen LogP contribution in [0, 0.1) is 0 Å². The second kappa shape index (κ2) is 6.95. The molecule has 1 N–H and O–H groups in total. The highest BCUT2D eigenvalue weighted by molar-refractivity contribution is 7.87. The fourth-order valence-corrected chi connectivity index (χ4v) is 3.45. The Morgan fingerprint density at radius 1 is 1.12 bits per heavy atom. The maximum Gasteiger partial charge on any atom is 0.278 e. The highest BCUT2D eigenvalue weighted by atomic mass is 32.2. The van der Waals surface area contributed by atoms with Crippen molar-refractivity contribution in [3.63, 3.8) is 0 Å². The lowest BCUT2D eigenvalue weighted by atomic mass is 10.0. The van der Waals surface area contributed by atoms with Gasteiger partial charge in [-0.2, -0.15) is 12.7 Å². The Bertz CT molecular complexity index is 979. The molecule has 0 spiro atoms. The first-order valence-corrected chi connectivity index (χ1v) is 9.48. The highest BCUT2D eigenvalue weighted by Gasteiger charge is 2.13. The Labute approximate surface area is 148 Å². The quantitative estimate of drug-likeness (QED) is 0.734. The molecule has 0 bridgehead atoms. The Kier molecular flexibility index (Phi) is 4.89. The average molecular weight is 358 g/mol. The molecule has 7 heteroatoms. The van der Waals surface area contributed by atoms with Gasteiger partial charge in [0.25, 0.3) is 10.2 Å². The van der Waals surface area contributed by atoms with Crippen molar-refractivity contribution in [3.8, 4) is 11.1 Å². The van der Waals surface area contributed by atoms with Crippen LogP contribution in [0.5, 0.6) is 0 Å². The standard InChI is InChI=1S/C18H22N4O2S/c1-21(2)25(23,24)20-11-8-16-13-22(3)18-12-15(4-5-17(16)18)14-6-9-19-10-7-14/h4-7,9-10,12-13,20H,8,11H2,1-3H3. The first kappa shape index (κ1) is 17.6. The molecule has 0 aliphatic carbocycles. The van der Waals surface area contributed by atoms with Gasteiger partial charge in [0, 0.05) is 57.2 Å². The van der Waals surface area contributed by atoms with Gasteiger partial charge in [0.15, 0.2) is 0 Å². The zero-order valence-electron chi connectivity index (χ0n) is 14.6. The molecular weight excluding hydrogens is 336 g/mol. The van der Waals surface area contributed by atoms with E-state index in [4.69, 9.17) is 0 Å². The van der Waals surface area contributed by atoms with Crippen molar-refractivity contribution in [2.45, 2.75) is 6.42 Å². The summed E-state index contributed by atoms with van der Waals surface area (Å²) in [5, 5.41) is 1.14. The predicted octanol–water partition coefficient (Wildman–Crippen LogP) is 2.18. The molecule has 0 radical (unpaired) electrons. The van der Waals surface area contributed by atoms with Gasteiger partial charge in [-0.05, 0) is 41.3 Å². The summed E-state index contributed by atoms with van der Waals surface area (Å²) >= 11 is 0. The number of aryl methyl sites for hydroxylation is 1. The summed E-state index contributed by atoms with van der Waals surface area (Å²) in [5.41, 5.74) is 4.51. The first-order valence-electron chi connectivity index (χ1n) is 8.04. The summed E-state index contributed by atoms with van der Waals surface area (Å²) in [5.74, 6) is 0. The number of aromatic nitrogens is 2. The summed E-state index contributed by atoms with van der Waals surface area (Å²) in [4.78, 5) is 4.06. The van der Waals surface area contributed by atoms with E-state index in [1.165, 1.54) is 18.4 Å². The third-order valence-corrected chi connectivity index (χ3v) is 5.78. The number of hydrogen-bond acceptors (Lipinski definition) is 3. The van der Waals surface area contributed by atoms with Crippen LogP contribution in [-0.4, -0.2) is 42.9 Å². The maximum absolute atomic E-state index is 11.8. The first-order chi connectivity index (χ1) is 11.9. The number of rotatable bonds is 6. The van der Waals surface area contributed by atoms with Gasteiger partial charge >= 0.3 is 0 Å². The second-order valence-electron chi connectivity index (χ2n) is 6.16. The summed E-state index contributed by atoms with van der Waals surface area (Å²) in [7, 11) is 1.65. The number of hydrogen-bond donors (Lipinski definition) is 1. The summed E-state index contributed by atoms with van der Waals surface area (Å²) in [6, 6.07) is 10.3. The molecule has 0 atom stereocenters. The molecule has 25 heavy (non-hydrogen) atoms. The number of nitrogens with zero attached hydrogens (tertiary/aromatic N) is 3. The molecule has 1 aromatic carbocycles. The van der Waals surface area contributed by atoms with Crippen molar-refractivity contribution in [3.05, 3.63) is 54.5 Å². The minimum absolute atomic E-state index is 0.367. The highest BCUT2D eigenvalue weighted by Crippen LogP contribution is 2.27. The van der Waals surface area contributed by atoms with E-state index in [0.29, 0.717) is 13.0 Å². The van der Waals surface area contributed by atoms with Crippen LogP contribution in [0.3, 0.4) is 0 Å². The van der Waals surface area contributed by atoms with Gasteiger partial charge in [0.2, 0.25) is 0 Å². The summed E-state index contributed by atoms with van der Waals surface area (Å²) in [6.07, 6.45) is 6.27. The van der Waals surface area contributed by atoms with E-state index in [9.17, 15) is 8.42 Å². The molecule has 132 valence electrons. The zero-order chi connectivity index (χ0) is 18.0. The van der Waals surface area contributed by atoms with Crippen molar-refractivity contribution in [2.24, 2.45) is 7.05 Å². The van der Waals surface area contributed by atoms with E-state index in [0.717, 1.165) is 27.6 Å². The van der Waals surface area contributed by atoms with Gasteiger partial charge in [0.1, 0.15) is 0 Å². The molecule has 0 aliphatic heterocycles. The number of benzene rings is 1. The molecule has 0 fully saturated rings. The largest absolute Gasteiger partial charge is 0.350 e. The normalized spacial score (nSPS) is 12.2. The third-order valence-electron chi connectivity index (χ3n) is 4.25. The Balaban J connectivity index is 1.84. The Hall–Kier alpha value is -2.22. The molecule has 2 aromatic heterocycles. The van der Waals surface area contributed by atoms with Gasteiger partial charge in [-0.1, -0.05) is 12.1 Å². The SMILES string of the molecule is CN(C)S(=O)(=O)NCCc1cn(C)c2cc(-c3ccncc3)ccc12. The van der Waals surface area contributed by atoms with Crippen LogP contribution >= 0.6 is 0 Å². The van der Waals surface area contributed by atoms with Crippen LogP contribution in [0.2, 0.25) is 0 Å². The monoisotopic (exact) mass is 358 g/mol. The van der Waals surface area contributed by atoms with Crippen LogP contribution in [0.4, 0.5) is 0 Å². The van der Waals surface area contributed by atoms with Crippen molar-refractivity contribution >= 4 is 21.1 Å². The number of fused-ring (bicyclic) bond motifs is 1. The van der Waals surface area contributed by atoms with E-state index in [1.807, 2.05) is 19.2 Å². The van der Waals surface area contributed by atoms with Crippen molar-refractivity contribution in [1.82, 2.24) is 18.6 Å². The van der Waals surface area contributed by atoms with E-state index in [1.54, 1.807) is 12.4 Å². The lowest BCUT2D eigenvalue weighted by Crippen LogP contribution is -2.36.